The van der Waals surface area contributed by atoms with Crippen molar-refractivity contribution in [2.45, 2.75) is 25.6 Å². The SMILES string of the molecule is CC1OCCC1C(O)c1c(Br)nnn1C. The summed E-state index contributed by atoms with van der Waals surface area (Å²) >= 11 is 3.29. The summed E-state index contributed by atoms with van der Waals surface area (Å²) < 4.78 is 7.64. The summed E-state index contributed by atoms with van der Waals surface area (Å²) in [4.78, 5) is 0. The van der Waals surface area contributed by atoms with Crippen LogP contribution in [0.5, 0.6) is 0 Å². The monoisotopic (exact) mass is 275 g/mol. The van der Waals surface area contributed by atoms with E-state index in [1.54, 1.807) is 11.7 Å². The largest absolute Gasteiger partial charge is 0.386 e. The fourth-order valence-electron chi connectivity index (χ4n) is 2.02. The quantitative estimate of drug-likeness (QED) is 0.876. The van der Waals surface area contributed by atoms with Gasteiger partial charge in [-0.25, -0.2) is 4.68 Å². The first-order valence-electron chi connectivity index (χ1n) is 4.96. The highest BCUT2D eigenvalue weighted by Crippen LogP contribution is 2.34. The molecule has 0 bridgehead atoms. The zero-order valence-electron chi connectivity index (χ0n) is 8.72. The summed E-state index contributed by atoms with van der Waals surface area (Å²) in [5, 5.41) is 17.9. The molecule has 1 aliphatic rings. The van der Waals surface area contributed by atoms with Crippen LogP contribution in [0.15, 0.2) is 4.60 Å². The molecule has 5 nitrogen and oxygen atoms in total. The fourth-order valence-corrected chi connectivity index (χ4v) is 2.58. The van der Waals surface area contributed by atoms with Crippen molar-refractivity contribution in [1.82, 2.24) is 15.0 Å². The third-order valence-electron chi connectivity index (χ3n) is 2.95. The summed E-state index contributed by atoms with van der Waals surface area (Å²) in [6.45, 7) is 2.70. The van der Waals surface area contributed by atoms with Crippen LogP contribution in [-0.2, 0) is 11.8 Å². The van der Waals surface area contributed by atoms with Gasteiger partial charge in [-0.3, -0.25) is 0 Å². The lowest BCUT2D eigenvalue weighted by Crippen LogP contribution is -2.22. The van der Waals surface area contributed by atoms with Crippen LogP contribution in [0.2, 0.25) is 0 Å². The summed E-state index contributed by atoms with van der Waals surface area (Å²) in [7, 11) is 1.77. The van der Waals surface area contributed by atoms with E-state index < -0.39 is 6.10 Å². The van der Waals surface area contributed by atoms with E-state index in [0.29, 0.717) is 11.2 Å². The molecule has 2 rings (SSSR count). The first-order chi connectivity index (χ1) is 7.11. The van der Waals surface area contributed by atoms with Crippen molar-refractivity contribution in [3.8, 4) is 0 Å². The minimum atomic E-state index is -0.572. The highest BCUT2D eigenvalue weighted by molar-refractivity contribution is 9.10. The summed E-state index contributed by atoms with van der Waals surface area (Å²) in [6, 6.07) is 0. The summed E-state index contributed by atoms with van der Waals surface area (Å²) in [5.41, 5.74) is 0.720. The van der Waals surface area contributed by atoms with Crippen molar-refractivity contribution in [1.29, 1.82) is 0 Å². The Bertz CT molecular complexity index is 336. The van der Waals surface area contributed by atoms with E-state index in [-0.39, 0.29) is 12.0 Å². The molecule has 1 fully saturated rings. The normalized spacial score (nSPS) is 28.3. The lowest BCUT2D eigenvalue weighted by atomic mass is 9.94. The molecule has 3 atom stereocenters. The van der Waals surface area contributed by atoms with E-state index in [4.69, 9.17) is 4.74 Å². The maximum absolute atomic E-state index is 10.2. The van der Waals surface area contributed by atoms with E-state index in [9.17, 15) is 5.11 Å². The standard InChI is InChI=1S/C9H14BrN3O2/c1-5-6(3-4-15-5)8(14)7-9(10)11-12-13(7)2/h5-6,8,14H,3-4H2,1-2H3. The molecule has 15 heavy (non-hydrogen) atoms. The second-order valence-corrected chi connectivity index (χ2v) is 4.61. The summed E-state index contributed by atoms with van der Waals surface area (Å²) in [6.07, 6.45) is 0.388. The second-order valence-electron chi connectivity index (χ2n) is 3.86. The topological polar surface area (TPSA) is 60.2 Å². The molecule has 0 spiro atoms. The van der Waals surface area contributed by atoms with Gasteiger partial charge in [0.25, 0.3) is 0 Å². The molecule has 3 unspecified atom stereocenters. The Morgan fingerprint density at radius 2 is 2.40 bits per heavy atom. The second kappa shape index (κ2) is 4.19. The highest BCUT2D eigenvalue weighted by atomic mass is 79.9. The van der Waals surface area contributed by atoms with Crippen LogP contribution >= 0.6 is 15.9 Å². The molecule has 0 aromatic carbocycles. The van der Waals surface area contributed by atoms with Crippen molar-refractivity contribution in [2.75, 3.05) is 6.61 Å². The van der Waals surface area contributed by atoms with Gasteiger partial charge in [0.1, 0.15) is 11.8 Å². The van der Waals surface area contributed by atoms with Crippen molar-refractivity contribution in [3.05, 3.63) is 10.3 Å². The Morgan fingerprint density at radius 1 is 1.67 bits per heavy atom. The van der Waals surface area contributed by atoms with Gasteiger partial charge in [-0.1, -0.05) is 5.21 Å². The molecular weight excluding hydrogens is 262 g/mol. The molecule has 1 aromatic rings. The number of rotatable bonds is 2. The Morgan fingerprint density at radius 3 is 2.87 bits per heavy atom. The van der Waals surface area contributed by atoms with Gasteiger partial charge in [0.2, 0.25) is 0 Å². The number of ether oxygens (including phenoxy) is 1. The number of aliphatic hydroxyl groups is 1. The van der Waals surface area contributed by atoms with E-state index in [2.05, 4.69) is 26.2 Å². The molecule has 0 aliphatic carbocycles. The predicted molar refractivity (Wildman–Crippen MR) is 57.2 cm³/mol. The van der Waals surface area contributed by atoms with Crippen molar-refractivity contribution in [2.24, 2.45) is 13.0 Å². The Labute approximate surface area is 96.6 Å². The van der Waals surface area contributed by atoms with Gasteiger partial charge < -0.3 is 9.84 Å². The number of hydrogen-bond donors (Lipinski definition) is 1. The first kappa shape index (κ1) is 11.0. The zero-order valence-corrected chi connectivity index (χ0v) is 10.3. The third-order valence-corrected chi connectivity index (χ3v) is 3.51. The Kier molecular flexibility index (Phi) is 3.08. The van der Waals surface area contributed by atoms with Crippen LogP contribution in [0.25, 0.3) is 0 Å². The molecule has 2 heterocycles. The first-order valence-corrected chi connectivity index (χ1v) is 5.75. The van der Waals surface area contributed by atoms with Crippen LogP contribution in [0.1, 0.15) is 25.1 Å². The van der Waals surface area contributed by atoms with Crippen LogP contribution in [0.3, 0.4) is 0 Å². The van der Waals surface area contributed by atoms with Crippen molar-refractivity contribution < 1.29 is 9.84 Å². The molecule has 6 heteroatoms. The Hall–Kier alpha value is -0.460. The molecular formula is C9H14BrN3O2. The molecule has 1 saturated heterocycles. The summed E-state index contributed by atoms with van der Waals surface area (Å²) in [5.74, 6) is 0.124. The van der Waals surface area contributed by atoms with Crippen LogP contribution in [0, 0.1) is 5.92 Å². The molecule has 1 aromatic heterocycles. The van der Waals surface area contributed by atoms with E-state index in [1.807, 2.05) is 6.92 Å². The highest BCUT2D eigenvalue weighted by Gasteiger charge is 2.34. The van der Waals surface area contributed by atoms with E-state index in [0.717, 1.165) is 12.1 Å². The van der Waals surface area contributed by atoms with Gasteiger partial charge in [0.05, 0.1) is 6.10 Å². The third kappa shape index (κ3) is 1.93. The molecule has 0 amide bonds. The smallest absolute Gasteiger partial charge is 0.154 e. The number of aryl methyl sites for hydroxylation is 1. The minimum Gasteiger partial charge on any atom is -0.386 e. The van der Waals surface area contributed by atoms with E-state index in [1.165, 1.54) is 0 Å². The molecule has 1 N–H and O–H groups in total. The van der Waals surface area contributed by atoms with Crippen LogP contribution in [-0.4, -0.2) is 32.8 Å². The van der Waals surface area contributed by atoms with Gasteiger partial charge in [-0.05, 0) is 29.3 Å². The number of halogens is 1. The van der Waals surface area contributed by atoms with Crippen LogP contribution in [0.4, 0.5) is 0 Å². The minimum absolute atomic E-state index is 0.0850. The maximum atomic E-state index is 10.2. The van der Waals surface area contributed by atoms with Crippen molar-refractivity contribution >= 4 is 15.9 Å². The number of nitrogens with zero attached hydrogens (tertiary/aromatic N) is 3. The maximum Gasteiger partial charge on any atom is 0.154 e. The number of hydrogen-bond acceptors (Lipinski definition) is 4. The van der Waals surface area contributed by atoms with Crippen molar-refractivity contribution in [3.63, 3.8) is 0 Å². The lowest BCUT2D eigenvalue weighted by molar-refractivity contribution is 0.0389. The molecule has 0 radical (unpaired) electrons. The number of aliphatic hydroxyl groups excluding tert-OH is 1. The zero-order chi connectivity index (χ0) is 11.0. The number of aromatic nitrogens is 3. The average molecular weight is 276 g/mol. The fraction of sp³-hybridized carbons (Fsp3) is 0.778. The molecule has 0 saturated carbocycles. The lowest BCUT2D eigenvalue weighted by Gasteiger charge is -2.20. The van der Waals surface area contributed by atoms with Gasteiger partial charge in [-0.15, -0.1) is 5.10 Å². The van der Waals surface area contributed by atoms with Gasteiger partial charge >= 0.3 is 0 Å². The molecule has 84 valence electrons. The Balaban J connectivity index is 2.23. The van der Waals surface area contributed by atoms with Gasteiger partial charge in [0.15, 0.2) is 4.60 Å². The van der Waals surface area contributed by atoms with Crippen LogP contribution < -0.4 is 0 Å². The van der Waals surface area contributed by atoms with Gasteiger partial charge in [-0.2, -0.15) is 0 Å². The molecule has 1 aliphatic heterocycles. The predicted octanol–water partition coefficient (Wildman–Crippen LogP) is 1.04. The van der Waals surface area contributed by atoms with E-state index >= 15 is 0 Å². The average Bonchev–Trinajstić information content (AvgIpc) is 2.73. The van der Waals surface area contributed by atoms with Gasteiger partial charge in [0, 0.05) is 19.6 Å².